The first-order chi connectivity index (χ1) is 7.01. The molecule has 2 nitrogen and oxygen atoms in total. The Morgan fingerprint density at radius 2 is 2.07 bits per heavy atom. The first kappa shape index (κ1) is 12.3. The second kappa shape index (κ2) is 4.84. The molecule has 0 atom stereocenters. The number of pyridine rings is 1. The molecular weight excluding hydrogens is 208 g/mol. The van der Waals surface area contributed by atoms with Crippen LogP contribution in [0.15, 0.2) is 18.3 Å². The fourth-order valence-corrected chi connectivity index (χ4v) is 1.40. The van der Waals surface area contributed by atoms with Crippen molar-refractivity contribution in [3.63, 3.8) is 0 Å². The number of aromatic nitrogens is 1. The molecule has 0 bridgehead atoms. The van der Waals surface area contributed by atoms with Gasteiger partial charge < -0.3 is 4.90 Å². The molecule has 84 valence electrons. The fraction of sp³-hybridized carbons (Fsp3) is 0.583. The van der Waals surface area contributed by atoms with Crippen molar-refractivity contribution < 1.29 is 0 Å². The largest absolute Gasteiger partial charge is 0.355 e. The lowest BCUT2D eigenvalue weighted by molar-refractivity contribution is 0.467. The molecule has 3 heteroatoms. The van der Waals surface area contributed by atoms with Crippen LogP contribution in [0.1, 0.15) is 32.8 Å². The molecule has 0 amide bonds. The van der Waals surface area contributed by atoms with E-state index >= 15 is 0 Å². The van der Waals surface area contributed by atoms with E-state index in [1.807, 2.05) is 18.3 Å². The zero-order valence-corrected chi connectivity index (χ0v) is 10.7. The fourth-order valence-electron chi connectivity index (χ4n) is 1.24. The predicted octanol–water partition coefficient (Wildman–Crippen LogP) is 3.45. The Morgan fingerprint density at radius 1 is 1.40 bits per heavy atom. The van der Waals surface area contributed by atoms with Crippen molar-refractivity contribution in [2.75, 3.05) is 11.9 Å². The van der Waals surface area contributed by atoms with Crippen molar-refractivity contribution in [3.05, 3.63) is 23.9 Å². The average Bonchev–Trinajstić information content (AvgIpc) is 2.28. The molecule has 0 unspecified atom stereocenters. The molecule has 0 aliphatic heterocycles. The van der Waals surface area contributed by atoms with Crippen LogP contribution in [0.25, 0.3) is 0 Å². The van der Waals surface area contributed by atoms with Crippen molar-refractivity contribution in [3.8, 4) is 0 Å². The Hall–Kier alpha value is -0.760. The summed E-state index contributed by atoms with van der Waals surface area (Å²) >= 11 is 5.72. The SMILES string of the molecule is CCC(C)(C)N(C)c1ccc(CCl)cn1. The summed E-state index contributed by atoms with van der Waals surface area (Å²) in [6.45, 7) is 6.61. The normalized spacial score (nSPS) is 11.5. The second-order valence-electron chi connectivity index (χ2n) is 4.38. The second-order valence-corrected chi connectivity index (χ2v) is 4.65. The Morgan fingerprint density at radius 3 is 2.47 bits per heavy atom. The lowest BCUT2D eigenvalue weighted by Crippen LogP contribution is -2.40. The van der Waals surface area contributed by atoms with Crippen LogP contribution in [-0.4, -0.2) is 17.6 Å². The Balaban J connectivity index is 2.87. The summed E-state index contributed by atoms with van der Waals surface area (Å²) in [7, 11) is 2.08. The van der Waals surface area contributed by atoms with E-state index in [1.54, 1.807) is 0 Å². The van der Waals surface area contributed by atoms with Crippen LogP contribution in [0, 0.1) is 0 Å². The summed E-state index contributed by atoms with van der Waals surface area (Å²) in [6.07, 6.45) is 2.92. The van der Waals surface area contributed by atoms with Crippen LogP contribution in [0.5, 0.6) is 0 Å². The van der Waals surface area contributed by atoms with Crippen LogP contribution in [0.3, 0.4) is 0 Å². The molecule has 1 aromatic rings. The highest BCUT2D eigenvalue weighted by Gasteiger charge is 2.21. The Kier molecular flexibility index (Phi) is 3.97. The maximum absolute atomic E-state index is 5.72. The molecule has 0 fully saturated rings. The Labute approximate surface area is 97.3 Å². The highest BCUT2D eigenvalue weighted by atomic mass is 35.5. The minimum Gasteiger partial charge on any atom is -0.355 e. The topological polar surface area (TPSA) is 16.1 Å². The van der Waals surface area contributed by atoms with Gasteiger partial charge in [0.05, 0.1) is 0 Å². The highest BCUT2D eigenvalue weighted by Crippen LogP contribution is 2.22. The number of alkyl halides is 1. The average molecular weight is 227 g/mol. The summed E-state index contributed by atoms with van der Waals surface area (Å²) < 4.78 is 0. The van der Waals surface area contributed by atoms with Crippen molar-refractivity contribution in [1.29, 1.82) is 0 Å². The van der Waals surface area contributed by atoms with Gasteiger partial charge in [0.1, 0.15) is 5.82 Å². The molecular formula is C12H19ClN2. The third-order valence-electron chi connectivity index (χ3n) is 3.08. The molecule has 0 aromatic carbocycles. The number of rotatable bonds is 4. The third-order valence-corrected chi connectivity index (χ3v) is 3.39. The minimum atomic E-state index is 0.134. The van der Waals surface area contributed by atoms with Gasteiger partial charge in [-0.1, -0.05) is 13.0 Å². The maximum atomic E-state index is 5.72. The first-order valence-electron chi connectivity index (χ1n) is 5.26. The molecule has 0 saturated carbocycles. The van der Waals surface area contributed by atoms with Gasteiger partial charge in [-0.3, -0.25) is 0 Å². The standard InChI is InChI=1S/C12H19ClN2/c1-5-12(2,3)15(4)11-7-6-10(8-13)9-14-11/h6-7,9H,5,8H2,1-4H3. The molecule has 1 heterocycles. The minimum absolute atomic E-state index is 0.134. The third kappa shape index (κ3) is 2.85. The van der Waals surface area contributed by atoms with Gasteiger partial charge in [-0.25, -0.2) is 4.98 Å². The summed E-state index contributed by atoms with van der Waals surface area (Å²) in [6, 6.07) is 4.05. The van der Waals surface area contributed by atoms with E-state index in [2.05, 4.69) is 37.7 Å². The molecule has 0 radical (unpaired) electrons. The van der Waals surface area contributed by atoms with E-state index in [1.165, 1.54) is 0 Å². The molecule has 0 N–H and O–H groups in total. The van der Waals surface area contributed by atoms with Crippen LogP contribution in [0.4, 0.5) is 5.82 Å². The molecule has 0 aliphatic rings. The van der Waals surface area contributed by atoms with Crippen LogP contribution < -0.4 is 4.90 Å². The van der Waals surface area contributed by atoms with Gasteiger partial charge in [-0.05, 0) is 31.9 Å². The van der Waals surface area contributed by atoms with Crippen LogP contribution >= 0.6 is 11.6 Å². The van der Waals surface area contributed by atoms with Gasteiger partial charge in [0.15, 0.2) is 0 Å². The maximum Gasteiger partial charge on any atom is 0.128 e. The smallest absolute Gasteiger partial charge is 0.128 e. The zero-order valence-electron chi connectivity index (χ0n) is 9.92. The Bertz CT molecular complexity index is 306. The lowest BCUT2D eigenvalue weighted by Gasteiger charge is -2.35. The van der Waals surface area contributed by atoms with Crippen molar-refractivity contribution in [2.45, 2.75) is 38.6 Å². The van der Waals surface area contributed by atoms with E-state index in [0.29, 0.717) is 5.88 Å². The van der Waals surface area contributed by atoms with E-state index < -0.39 is 0 Å². The lowest BCUT2D eigenvalue weighted by atomic mass is 10.00. The van der Waals surface area contributed by atoms with E-state index in [-0.39, 0.29) is 5.54 Å². The van der Waals surface area contributed by atoms with Gasteiger partial charge in [0.25, 0.3) is 0 Å². The highest BCUT2D eigenvalue weighted by molar-refractivity contribution is 6.17. The number of nitrogens with zero attached hydrogens (tertiary/aromatic N) is 2. The van der Waals surface area contributed by atoms with Gasteiger partial charge in [0, 0.05) is 24.7 Å². The summed E-state index contributed by atoms with van der Waals surface area (Å²) in [5.74, 6) is 1.52. The molecule has 1 rings (SSSR count). The molecule has 1 aromatic heterocycles. The van der Waals surface area contributed by atoms with E-state index in [4.69, 9.17) is 11.6 Å². The van der Waals surface area contributed by atoms with E-state index in [0.717, 1.165) is 17.8 Å². The molecule has 0 spiro atoms. The van der Waals surface area contributed by atoms with Crippen LogP contribution in [0.2, 0.25) is 0 Å². The van der Waals surface area contributed by atoms with Gasteiger partial charge in [0.2, 0.25) is 0 Å². The van der Waals surface area contributed by atoms with Gasteiger partial charge in [-0.15, -0.1) is 11.6 Å². The first-order valence-corrected chi connectivity index (χ1v) is 5.79. The number of halogens is 1. The number of hydrogen-bond donors (Lipinski definition) is 0. The van der Waals surface area contributed by atoms with Crippen molar-refractivity contribution in [1.82, 2.24) is 4.98 Å². The van der Waals surface area contributed by atoms with Crippen molar-refractivity contribution in [2.24, 2.45) is 0 Å². The summed E-state index contributed by atoms with van der Waals surface area (Å²) in [5, 5.41) is 0. The molecule has 15 heavy (non-hydrogen) atoms. The molecule has 0 aliphatic carbocycles. The summed E-state index contributed by atoms with van der Waals surface area (Å²) in [4.78, 5) is 6.60. The quantitative estimate of drug-likeness (QED) is 0.732. The number of anilines is 1. The zero-order chi connectivity index (χ0) is 11.5. The van der Waals surface area contributed by atoms with Crippen molar-refractivity contribution >= 4 is 17.4 Å². The van der Waals surface area contributed by atoms with Crippen LogP contribution in [-0.2, 0) is 5.88 Å². The monoisotopic (exact) mass is 226 g/mol. The van der Waals surface area contributed by atoms with Gasteiger partial charge in [-0.2, -0.15) is 0 Å². The summed E-state index contributed by atoms with van der Waals surface area (Å²) in [5.41, 5.74) is 1.19. The van der Waals surface area contributed by atoms with E-state index in [9.17, 15) is 0 Å². The predicted molar refractivity (Wildman–Crippen MR) is 66.6 cm³/mol. The molecule has 0 saturated heterocycles. The number of hydrogen-bond acceptors (Lipinski definition) is 2. The van der Waals surface area contributed by atoms with Gasteiger partial charge >= 0.3 is 0 Å².